The summed E-state index contributed by atoms with van der Waals surface area (Å²) in [5, 5.41) is 3.92. The Morgan fingerprint density at radius 1 is 1.00 bits per heavy atom. The number of carbonyl (C=O) groups is 1. The molecular formula is C20H26N4O4S. The Bertz CT molecular complexity index is 988. The van der Waals surface area contributed by atoms with Crippen molar-refractivity contribution in [2.24, 2.45) is 0 Å². The van der Waals surface area contributed by atoms with Gasteiger partial charge < -0.3 is 9.42 Å². The average Bonchev–Trinajstić information content (AvgIpc) is 3.35. The van der Waals surface area contributed by atoms with Gasteiger partial charge in [-0.05, 0) is 44.2 Å². The molecule has 1 amide bonds. The number of amides is 1. The molecule has 0 spiro atoms. The highest BCUT2D eigenvalue weighted by molar-refractivity contribution is 7.89. The van der Waals surface area contributed by atoms with Gasteiger partial charge >= 0.3 is 11.8 Å². The number of likely N-dealkylation sites (tertiary alicyclic amines) is 1. The zero-order valence-electron chi connectivity index (χ0n) is 16.6. The van der Waals surface area contributed by atoms with Gasteiger partial charge in [-0.3, -0.25) is 4.79 Å². The molecule has 8 nitrogen and oxygen atoms in total. The van der Waals surface area contributed by atoms with Crippen molar-refractivity contribution < 1.29 is 17.7 Å². The molecule has 2 saturated heterocycles. The molecular weight excluding hydrogens is 392 g/mol. The molecule has 0 atom stereocenters. The summed E-state index contributed by atoms with van der Waals surface area (Å²) in [5.74, 6) is -0.106. The maximum atomic E-state index is 13.2. The second-order valence-corrected chi connectivity index (χ2v) is 9.63. The number of hydrogen-bond donors (Lipinski definition) is 0. The molecule has 0 bridgehead atoms. The third-order valence-electron chi connectivity index (χ3n) is 5.63. The van der Waals surface area contributed by atoms with E-state index in [-0.39, 0.29) is 22.5 Å². The van der Waals surface area contributed by atoms with Crippen LogP contribution in [0.5, 0.6) is 0 Å². The first kappa shape index (κ1) is 20.0. The molecule has 0 N–H and O–H groups in total. The van der Waals surface area contributed by atoms with E-state index in [1.54, 1.807) is 34.3 Å². The molecule has 4 rings (SSSR count). The van der Waals surface area contributed by atoms with E-state index in [9.17, 15) is 13.2 Å². The van der Waals surface area contributed by atoms with Crippen LogP contribution in [0.3, 0.4) is 0 Å². The molecule has 1 aromatic carbocycles. The van der Waals surface area contributed by atoms with Crippen LogP contribution in [0.4, 0.5) is 0 Å². The van der Waals surface area contributed by atoms with Crippen LogP contribution < -0.4 is 0 Å². The average molecular weight is 419 g/mol. The summed E-state index contributed by atoms with van der Waals surface area (Å²) in [7, 11) is -3.60. The van der Waals surface area contributed by atoms with Crippen LogP contribution in [-0.4, -0.2) is 59.8 Å². The third kappa shape index (κ3) is 4.06. The summed E-state index contributed by atoms with van der Waals surface area (Å²) in [4.78, 5) is 18.6. The minimum Gasteiger partial charge on any atom is -0.334 e. The predicted molar refractivity (Wildman–Crippen MR) is 107 cm³/mol. The molecule has 0 aliphatic carbocycles. The summed E-state index contributed by atoms with van der Waals surface area (Å²) >= 11 is 0. The number of rotatable bonds is 4. The Kier molecular flexibility index (Phi) is 5.69. The van der Waals surface area contributed by atoms with E-state index in [0.717, 1.165) is 38.5 Å². The monoisotopic (exact) mass is 418 g/mol. The van der Waals surface area contributed by atoms with Crippen LogP contribution in [0, 0.1) is 6.92 Å². The number of nitrogens with zero attached hydrogens (tertiary/aromatic N) is 4. The fourth-order valence-electron chi connectivity index (χ4n) is 3.92. The fourth-order valence-corrected chi connectivity index (χ4v) is 5.69. The zero-order valence-corrected chi connectivity index (χ0v) is 17.4. The molecule has 2 aromatic rings. The minimum atomic E-state index is -3.60. The molecule has 9 heteroatoms. The maximum absolute atomic E-state index is 13.2. The number of carbonyl (C=O) groups excluding carboxylic acids is 1. The normalized spacial score (nSPS) is 18.7. The molecule has 0 saturated carbocycles. The molecule has 0 radical (unpaired) electrons. The molecule has 0 unspecified atom stereocenters. The zero-order chi connectivity index (χ0) is 20.4. The van der Waals surface area contributed by atoms with E-state index < -0.39 is 10.0 Å². The van der Waals surface area contributed by atoms with Gasteiger partial charge in [0.1, 0.15) is 0 Å². The summed E-state index contributed by atoms with van der Waals surface area (Å²) < 4.78 is 33.2. The third-order valence-corrected chi connectivity index (χ3v) is 7.67. The second-order valence-electron chi connectivity index (χ2n) is 7.72. The number of aryl methyl sites for hydroxylation is 1. The van der Waals surface area contributed by atoms with Gasteiger partial charge in [-0.25, -0.2) is 8.42 Å². The van der Waals surface area contributed by atoms with Crippen LogP contribution in [0.1, 0.15) is 54.8 Å². The molecule has 2 aliphatic heterocycles. The standard InChI is InChI=1S/C20H26N4O4S/c1-15-8-9-16(14-17(15)29(26,27)24-12-4-2-3-5-13-24)18-21-19(28-22-18)20(25)23-10-6-7-11-23/h8-9,14H,2-7,10-13H2,1H3. The summed E-state index contributed by atoms with van der Waals surface area (Å²) in [5.41, 5.74) is 1.20. The molecule has 29 heavy (non-hydrogen) atoms. The maximum Gasteiger partial charge on any atom is 0.316 e. The summed E-state index contributed by atoms with van der Waals surface area (Å²) in [6.45, 7) is 4.26. The Morgan fingerprint density at radius 3 is 2.34 bits per heavy atom. The van der Waals surface area contributed by atoms with Crippen molar-refractivity contribution in [3.8, 4) is 11.4 Å². The van der Waals surface area contributed by atoms with Crippen LogP contribution in [0.2, 0.25) is 0 Å². The Labute approximate surface area is 170 Å². The van der Waals surface area contributed by atoms with Gasteiger partial charge in [-0.1, -0.05) is 30.1 Å². The van der Waals surface area contributed by atoms with Crippen LogP contribution in [0.25, 0.3) is 11.4 Å². The lowest BCUT2D eigenvalue weighted by Crippen LogP contribution is -2.32. The van der Waals surface area contributed by atoms with Gasteiger partial charge in [-0.15, -0.1) is 0 Å². The van der Waals surface area contributed by atoms with Gasteiger partial charge in [0, 0.05) is 31.7 Å². The number of sulfonamides is 1. The first-order chi connectivity index (χ1) is 14.0. The van der Waals surface area contributed by atoms with E-state index >= 15 is 0 Å². The van der Waals surface area contributed by atoms with E-state index in [1.807, 2.05) is 0 Å². The van der Waals surface area contributed by atoms with Gasteiger partial charge in [0.05, 0.1) is 4.90 Å². The first-order valence-corrected chi connectivity index (χ1v) is 11.6. The van der Waals surface area contributed by atoms with Crippen molar-refractivity contribution in [2.45, 2.75) is 50.3 Å². The van der Waals surface area contributed by atoms with Crippen molar-refractivity contribution in [1.82, 2.24) is 19.3 Å². The number of benzene rings is 1. The SMILES string of the molecule is Cc1ccc(-c2noc(C(=O)N3CCCC3)n2)cc1S(=O)(=O)N1CCCCCC1. The lowest BCUT2D eigenvalue weighted by atomic mass is 10.1. The highest BCUT2D eigenvalue weighted by Crippen LogP contribution is 2.27. The smallest absolute Gasteiger partial charge is 0.316 e. The van der Waals surface area contributed by atoms with Crippen molar-refractivity contribution >= 4 is 15.9 Å². The van der Waals surface area contributed by atoms with Crippen molar-refractivity contribution in [1.29, 1.82) is 0 Å². The molecule has 2 fully saturated rings. The van der Waals surface area contributed by atoms with Crippen molar-refractivity contribution in [3.05, 3.63) is 29.7 Å². The molecule has 3 heterocycles. The lowest BCUT2D eigenvalue weighted by molar-refractivity contribution is 0.0743. The highest BCUT2D eigenvalue weighted by atomic mass is 32.2. The van der Waals surface area contributed by atoms with Gasteiger partial charge in [-0.2, -0.15) is 9.29 Å². The van der Waals surface area contributed by atoms with Gasteiger partial charge in [0.25, 0.3) is 0 Å². The van der Waals surface area contributed by atoms with E-state index in [4.69, 9.17) is 4.52 Å². The Balaban J connectivity index is 1.62. The van der Waals surface area contributed by atoms with E-state index in [2.05, 4.69) is 10.1 Å². The van der Waals surface area contributed by atoms with Gasteiger partial charge in [0.2, 0.25) is 15.8 Å². The topological polar surface area (TPSA) is 96.6 Å². The Morgan fingerprint density at radius 2 is 1.66 bits per heavy atom. The summed E-state index contributed by atoms with van der Waals surface area (Å²) in [6.07, 6.45) is 5.82. The van der Waals surface area contributed by atoms with Crippen molar-refractivity contribution in [3.63, 3.8) is 0 Å². The van der Waals surface area contributed by atoms with Crippen LogP contribution >= 0.6 is 0 Å². The van der Waals surface area contributed by atoms with Crippen LogP contribution in [0.15, 0.2) is 27.6 Å². The number of aromatic nitrogens is 2. The lowest BCUT2D eigenvalue weighted by Gasteiger charge is -2.21. The molecule has 2 aliphatic rings. The highest BCUT2D eigenvalue weighted by Gasteiger charge is 2.28. The van der Waals surface area contributed by atoms with Crippen LogP contribution in [-0.2, 0) is 10.0 Å². The summed E-state index contributed by atoms with van der Waals surface area (Å²) in [6, 6.07) is 5.09. The van der Waals surface area contributed by atoms with E-state index in [0.29, 0.717) is 37.3 Å². The quantitative estimate of drug-likeness (QED) is 0.757. The number of hydrogen-bond acceptors (Lipinski definition) is 6. The second kappa shape index (κ2) is 8.23. The molecule has 156 valence electrons. The minimum absolute atomic E-state index is 0.0561. The largest absolute Gasteiger partial charge is 0.334 e. The fraction of sp³-hybridized carbons (Fsp3) is 0.550. The predicted octanol–water partition coefficient (Wildman–Crippen LogP) is 2.85. The van der Waals surface area contributed by atoms with E-state index in [1.165, 1.54) is 0 Å². The first-order valence-electron chi connectivity index (χ1n) is 10.2. The Hall–Kier alpha value is -2.26. The van der Waals surface area contributed by atoms with Gasteiger partial charge in [0.15, 0.2) is 0 Å². The molecule has 1 aromatic heterocycles. The van der Waals surface area contributed by atoms with Crippen molar-refractivity contribution in [2.75, 3.05) is 26.2 Å².